The van der Waals surface area contributed by atoms with Gasteiger partial charge in [-0.1, -0.05) is 0 Å². The molecule has 1 fully saturated rings. The number of likely N-dealkylation sites (tertiary alicyclic amines) is 1. The summed E-state index contributed by atoms with van der Waals surface area (Å²) in [7, 11) is 1.62. The largest absolute Gasteiger partial charge is 0.355 e. The number of aromatic nitrogens is 3. The normalized spacial score (nSPS) is 19.7. The van der Waals surface area contributed by atoms with E-state index in [1.165, 1.54) is 6.42 Å². The molecular weight excluding hydrogens is 278 g/mol. The average molecular weight is 301 g/mol. The predicted octanol–water partition coefficient (Wildman–Crippen LogP) is 1.68. The van der Waals surface area contributed by atoms with Gasteiger partial charge in [-0.15, -0.1) is 0 Å². The van der Waals surface area contributed by atoms with E-state index in [2.05, 4.69) is 34.1 Å². The Kier molecular flexibility index (Phi) is 4.11. The zero-order valence-corrected chi connectivity index (χ0v) is 13.4. The van der Waals surface area contributed by atoms with Gasteiger partial charge in [-0.05, 0) is 39.3 Å². The van der Waals surface area contributed by atoms with Gasteiger partial charge in [0.25, 0.3) is 5.91 Å². The quantitative estimate of drug-likeness (QED) is 0.937. The molecule has 6 heteroatoms. The van der Waals surface area contributed by atoms with Crippen molar-refractivity contribution in [1.82, 2.24) is 24.8 Å². The summed E-state index contributed by atoms with van der Waals surface area (Å²) in [5, 5.41) is 7.05. The monoisotopic (exact) mass is 301 g/mol. The van der Waals surface area contributed by atoms with E-state index in [1.54, 1.807) is 19.4 Å². The number of rotatable bonds is 3. The molecule has 2 aromatic rings. The molecule has 0 aliphatic carbocycles. The molecule has 1 amide bonds. The number of hydrogen-bond donors (Lipinski definition) is 1. The van der Waals surface area contributed by atoms with Gasteiger partial charge in [0.1, 0.15) is 5.56 Å². The van der Waals surface area contributed by atoms with Crippen LogP contribution in [0.5, 0.6) is 0 Å². The van der Waals surface area contributed by atoms with Gasteiger partial charge in [-0.3, -0.25) is 4.79 Å². The zero-order chi connectivity index (χ0) is 15.7. The summed E-state index contributed by atoms with van der Waals surface area (Å²) in [6, 6.07) is 2.58. The van der Waals surface area contributed by atoms with E-state index in [-0.39, 0.29) is 5.91 Å². The molecule has 1 N–H and O–H groups in total. The summed E-state index contributed by atoms with van der Waals surface area (Å²) in [5.74, 6) is 0.284. The summed E-state index contributed by atoms with van der Waals surface area (Å²) in [6.45, 7) is 6.67. The number of nitrogens with zero attached hydrogens (tertiary/aromatic N) is 4. The molecule has 1 aliphatic rings. The lowest BCUT2D eigenvalue weighted by atomic mass is 9.93. The standard InChI is InChI=1S/C16H23N5O/c1-11(2)20-8-4-5-12(10-20)14-6-7-18-15-13(16(22)17-3)9-19-21(14)15/h6-7,9,11-12H,4-5,8,10H2,1-3H3,(H,17,22). The topological polar surface area (TPSA) is 62.5 Å². The van der Waals surface area contributed by atoms with Crippen LogP contribution in [0, 0.1) is 0 Å². The van der Waals surface area contributed by atoms with Crippen molar-refractivity contribution >= 4 is 11.6 Å². The highest BCUT2D eigenvalue weighted by atomic mass is 16.1. The number of fused-ring (bicyclic) bond motifs is 1. The van der Waals surface area contributed by atoms with Crippen molar-refractivity contribution in [2.24, 2.45) is 0 Å². The van der Waals surface area contributed by atoms with Crippen molar-refractivity contribution in [2.45, 2.75) is 38.6 Å². The van der Waals surface area contributed by atoms with Gasteiger partial charge in [-0.2, -0.15) is 5.10 Å². The fraction of sp³-hybridized carbons (Fsp3) is 0.562. The summed E-state index contributed by atoms with van der Waals surface area (Å²) in [4.78, 5) is 18.8. The van der Waals surface area contributed by atoms with Crippen LogP contribution in [0.25, 0.3) is 5.65 Å². The minimum atomic E-state index is -0.146. The first-order valence-corrected chi connectivity index (χ1v) is 7.90. The van der Waals surface area contributed by atoms with Gasteiger partial charge in [0.15, 0.2) is 5.65 Å². The number of amides is 1. The Hall–Kier alpha value is -1.95. The Labute approximate surface area is 130 Å². The van der Waals surface area contributed by atoms with Gasteiger partial charge in [0.2, 0.25) is 0 Å². The van der Waals surface area contributed by atoms with Crippen LogP contribution in [-0.2, 0) is 0 Å². The van der Waals surface area contributed by atoms with Crippen LogP contribution in [0.3, 0.4) is 0 Å². The molecule has 118 valence electrons. The van der Waals surface area contributed by atoms with Crippen molar-refractivity contribution in [1.29, 1.82) is 0 Å². The summed E-state index contributed by atoms with van der Waals surface area (Å²) in [5.41, 5.74) is 2.31. The molecule has 1 atom stereocenters. The van der Waals surface area contributed by atoms with E-state index in [9.17, 15) is 4.79 Å². The molecule has 0 saturated carbocycles. The van der Waals surface area contributed by atoms with Crippen molar-refractivity contribution in [3.8, 4) is 0 Å². The smallest absolute Gasteiger partial charge is 0.256 e. The number of nitrogens with one attached hydrogen (secondary N) is 1. The van der Waals surface area contributed by atoms with Crippen LogP contribution in [0.15, 0.2) is 18.5 Å². The molecule has 3 rings (SSSR count). The summed E-state index contributed by atoms with van der Waals surface area (Å²) < 4.78 is 1.83. The van der Waals surface area contributed by atoms with Gasteiger partial charge in [-0.25, -0.2) is 9.50 Å². The van der Waals surface area contributed by atoms with Crippen LogP contribution in [-0.4, -0.2) is 51.6 Å². The van der Waals surface area contributed by atoms with Crippen LogP contribution in [0.2, 0.25) is 0 Å². The van der Waals surface area contributed by atoms with E-state index in [0.29, 0.717) is 23.2 Å². The number of carbonyl (C=O) groups is 1. The first-order chi connectivity index (χ1) is 10.6. The SMILES string of the molecule is CNC(=O)c1cnn2c(C3CCCN(C(C)C)C3)ccnc12. The third-order valence-electron chi connectivity index (χ3n) is 4.50. The van der Waals surface area contributed by atoms with E-state index in [4.69, 9.17) is 0 Å². The fourth-order valence-corrected chi connectivity index (χ4v) is 3.23. The number of piperidine rings is 1. The molecule has 22 heavy (non-hydrogen) atoms. The van der Waals surface area contributed by atoms with Crippen molar-refractivity contribution in [3.63, 3.8) is 0 Å². The van der Waals surface area contributed by atoms with Crippen molar-refractivity contribution in [3.05, 3.63) is 29.7 Å². The molecular formula is C16H23N5O. The third kappa shape index (κ3) is 2.59. The highest BCUT2D eigenvalue weighted by Gasteiger charge is 2.25. The van der Waals surface area contributed by atoms with Crippen molar-refractivity contribution < 1.29 is 4.79 Å². The van der Waals surface area contributed by atoms with Gasteiger partial charge in [0, 0.05) is 31.7 Å². The molecule has 1 unspecified atom stereocenters. The summed E-state index contributed by atoms with van der Waals surface area (Å²) >= 11 is 0. The predicted molar refractivity (Wildman–Crippen MR) is 85.1 cm³/mol. The Morgan fingerprint density at radius 3 is 3.00 bits per heavy atom. The first kappa shape index (κ1) is 15.0. The molecule has 2 aromatic heterocycles. The van der Waals surface area contributed by atoms with Crippen LogP contribution < -0.4 is 5.32 Å². The van der Waals surface area contributed by atoms with E-state index >= 15 is 0 Å². The number of hydrogen-bond acceptors (Lipinski definition) is 4. The van der Waals surface area contributed by atoms with Gasteiger partial charge < -0.3 is 10.2 Å². The van der Waals surface area contributed by atoms with Crippen LogP contribution >= 0.6 is 0 Å². The Morgan fingerprint density at radius 1 is 1.45 bits per heavy atom. The van der Waals surface area contributed by atoms with Crippen LogP contribution in [0.1, 0.15) is 48.7 Å². The lowest BCUT2D eigenvalue weighted by Gasteiger charge is -2.35. The van der Waals surface area contributed by atoms with E-state index in [1.807, 2.05) is 10.6 Å². The fourth-order valence-electron chi connectivity index (χ4n) is 3.23. The maximum absolute atomic E-state index is 11.9. The molecule has 0 radical (unpaired) electrons. The molecule has 0 bridgehead atoms. The molecule has 3 heterocycles. The van der Waals surface area contributed by atoms with Crippen molar-refractivity contribution in [2.75, 3.05) is 20.1 Å². The third-order valence-corrected chi connectivity index (χ3v) is 4.50. The lowest BCUT2D eigenvalue weighted by Crippen LogP contribution is -2.39. The maximum Gasteiger partial charge on any atom is 0.256 e. The molecule has 1 aliphatic heterocycles. The van der Waals surface area contributed by atoms with Crippen LogP contribution in [0.4, 0.5) is 0 Å². The highest BCUT2D eigenvalue weighted by Crippen LogP contribution is 2.28. The first-order valence-electron chi connectivity index (χ1n) is 7.90. The zero-order valence-electron chi connectivity index (χ0n) is 13.4. The summed E-state index contributed by atoms with van der Waals surface area (Å²) in [6.07, 6.45) is 5.73. The molecule has 0 spiro atoms. The molecule has 6 nitrogen and oxygen atoms in total. The molecule has 1 saturated heterocycles. The minimum Gasteiger partial charge on any atom is -0.355 e. The second-order valence-corrected chi connectivity index (χ2v) is 6.17. The average Bonchev–Trinajstić information content (AvgIpc) is 2.98. The Balaban J connectivity index is 1.97. The Morgan fingerprint density at radius 2 is 2.27 bits per heavy atom. The second-order valence-electron chi connectivity index (χ2n) is 6.17. The van der Waals surface area contributed by atoms with Gasteiger partial charge >= 0.3 is 0 Å². The minimum absolute atomic E-state index is 0.146. The maximum atomic E-state index is 11.9. The lowest BCUT2D eigenvalue weighted by molar-refractivity contribution is 0.0964. The Bertz CT molecular complexity index is 678. The highest BCUT2D eigenvalue weighted by molar-refractivity contribution is 5.99. The molecule has 0 aromatic carbocycles. The van der Waals surface area contributed by atoms with E-state index in [0.717, 1.165) is 25.2 Å². The van der Waals surface area contributed by atoms with E-state index < -0.39 is 0 Å². The number of carbonyl (C=O) groups excluding carboxylic acids is 1. The van der Waals surface area contributed by atoms with Gasteiger partial charge in [0.05, 0.1) is 11.9 Å². The second kappa shape index (κ2) is 6.04.